The van der Waals surface area contributed by atoms with Crippen LogP contribution in [0.25, 0.3) is 0 Å². The number of amides is 1. The van der Waals surface area contributed by atoms with Gasteiger partial charge in [0.2, 0.25) is 5.91 Å². The van der Waals surface area contributed by atoms with Crippen LogP contribution in [-0.4, -0.2) is 21.4 Å². The number of carbonyl (C=O) groups is 1. The van der Waals surface area contributed by atoms with E-state index >= 15 is 0 Å². The van der Waals surface area contributed by atoms with E-state index in [1.807, 2.05) is 27.7 Å². The van der Waals surface area contributed by atoms with Crippen molar-refractivity contribution < 1.29 is 4.79 Å². The summed E-state index contributed by atoms with van der Waals surface area (Å²) in [7, 11) is 0. The average molecular weight is 235 g/mol. The number of aryl methyl sites for hydroxylation is 2. The summed E-state index contributed by atoms with van der Waals surface area (Å²) < 4.78 is 0. The Labute approximate surface area is 102 Å². The third-order valence-electron chi connectivity index (χ3n) is 3.03. The van der Waals surface area contributed by atoms with Gasteiger partial charge in [0.15, 0.2) is 0 Å². The zero-order valence-corrected chi connectivity index (χ0v) is 11.1. The van der Waals surface area contributed by atoms with Gasteiger partial charge in [-0.1, -0.05) is 0 Å². The molecule has 1 aromatic rings. The van der Waals surface area contributed by atoms with Gasteiger partial charge in [-0.05, 0) is 40.5 Å². The van der Waals surface area contributed by atoms with Gasteiger partial charge >= 0.3 is 0 Å². The Morgan fingerprint density at radius 2 is 2.18 bits per heavy atom. The zero-order chi connectivity index (χ0) is 12.6. The smallest absolute Gasteiger partial charge is 0.223 e. The molecule has 0 radical (unpaired) electrons. The second-order valence-corrected chi connectivity index (χ2v) is 5.93. The van der Waals surface area contributed by atoms with E-state index in [0.29, 0.717) is 0 Å². The van der Waals surface area contributed by atoms with Crippen molar-refractivity contribution in [2.24, 2.45) is 5.92 Å². The number of aromatic amines is 1. The third-order valence-corrected chi connectivity index (χ3v) is 3.03. The first-order valence-corrected chi connectivity index (χ1v) is 6.21. The average Bonchev–Trinajstić information content (AvgIpc) is 2.53. The molecule has 1 aliphatic rings. The van der Waals surface area contributed by atoms with Gasteiger partial charge in [0, 0.05) is 23.6 Å². The van der Waals surface area contributed by atoms with Crippen LogP contribution in [0.5, 0.6) is 0 Å². The lowest BCUT2D eigenvalue weighted by Crippen LogP contribution is -2.45. The minimum atomic E-state index is -0.152. The van der Waals surface area contributed by atoms with Crippen molar-refractivity contribution in [3.05, 3.63) is 17.2 Å². The SMILES string of the molecule is Cc1nc2c([nH]1)CC(C(=O)NC(C)(C)C)CC2. The fourth-order valence-corrected chi connectivity index (χ4v) is 2.32. The van der Waals surface area contributed by atoms with Crippen molar-refractivity contribution in [3.8, 4) is 0 Å². The number of H-pyrrole nitrogens is 1. The number of nitrogens with one attached hydrogen (secondary N) is 2. The molecule has 4 heteroatoms. The largest absolute Gasteiger partial charge is 0.351 e. The summed E-state index contributed by atoms with van der Waals surface area (Å²) in [4.78, 5) is 19.8. The van der Waals surface area contributed by atoms with Crippen LogP contribution in [0.2, 0.25) is 0 Å². The van der Waals surface area contributed by atoms with Crippen molar-refractivity contribution in [1.82, 2.24) is 15.3 Å². The molecule has 4 nitrogen and oxygen atoms in total. The lowest BCUT2D eigenvalue weighted by Gasteiger charge is -2.26. The first-order valence-electron chi connectivity index (χ1n) is 6.21. The highest BCUT2D eigenvalue weighted by atomic mass is 16.2. The summed E-state index contributed by atoms with van der Waals surface area (Å²) >= 11 is 0. The number of carbonyl (C=O) groups excluding carboxylic acids is 1. The Balaban J connectivity index is 2.05. The predicted molar refractivity (Wildman–Crippen MR) is 66.7 cm³/mol. The highest BCUT2D eigenvalue weighted by Crippen LogP contribution is 2.24. The molecule has 1 atom stereocenters. The van der Waals surface area contributed by atoms with Crippen molar-refractivity contribution in [2.75, 3.05) is 0 Å². The lowest BCUT2D eigenvalue weighted by molar-refractivity contribution is -0.126. The lowest BCUT2D eigenvalue weighted by atomic mass is 9.88. The molecule has 0 aromatic carbocycles. The zero-order valence-electron chi connectivity index (χ0n) is 11.1. The topological polar surface area (TPSA) is 57.8 Å². The van der Waals surface area contributed by atoms with Crippen molar-refractivity contribution in [2.45, 2.75) is 52.5 Å². The molecule has 94 valence electrons. The number of rotatable bonds is 1. The van der Waals surface area contributed by atoms with E-state index in [4.69, 9.17) is 0 Å². The van der Waals surface area contributed by atoms with Crippen LogP contribution in [-0.2, 0) is 17.6 Å². The molecule has 0 bridgehead atoms. The predicted octanol–water partition coefficient (Wildman–Crippen LogP) is 1.74. The van der Waals surface area contributed by atoms with Gasteiger partial charge in [0.1, 0.15) is 5.82 Å². The van der Waals surface area contributed by atoms with Gasteiger partial charge in [-0.2, -0.15) is 0 Å². The van der Waals surface area contributed by atoms with Crippen LogP contribution < -0.4 is 5.32 Å². The van der Waals surface area contributed by atoms with E-state index in [-0.39, 0.29) is 17.4 Å². The Morgan fingerprint density at radius 3 is 2.82 bits per heavy atom. The van der Waals surface area contributed by atoms with Crippen LogP contribution in [0, 0.1) is 12.8 Å². The van der Waals surface area contributed by atoms with Gasteiger partial charge in [0.05, 0.1) is 5.69 Å². The number of fused-ring (bicyclic) bond motifs is 1. The summed E-state index contributed by atoms with van der Waals surface area (Å²) in [6.45, 7) is 8.00. The third kappa shape index (κ3) is 2.87. The van der Waals surface area contributed by atoms with E-state index in [2.05, 4.69) is 15.3 Å². The number of hydrogen-bond acceptors (Lipinski definition) is 2. The second kappa shape index (κ2) is 4.17. The van der Waals surface area contributed by atoms with Crippen LogP contribution in [0.3, 0.4) is 0 Å². The van der Waals surface area contributed by atoms with Crippen LogP contribution in [0.4, 0.5) is 0 Å². The molecule has 2 N–H and O–H groups in total. The highest BCUT2D eigenvalue weighted by molar-refractivity contribution is 5.79. The second-order valence-electron chi connectivity index (χ2n) is 5.93. The maximum Gasteiger partial charge on any atom is 0.223 e. The molecule has 1 aliphatic carbocycles. The van der Waals surface area contributed by atoms with Crippen LogP contribution in [0.15, 0.2) is 0 Å². The fourth-order valence-electron chi connectivity index (χ4n) is 2.32. The van der Waals surface area contributed by atoms with Gasteiger partial charge in [-0.25, -0.2) is 4.98 Å². The fraction of sp³-hybridized carbons (Fsp3) is 0.692. The Kier molecular flexibility index (Phi) is 2.98. The van der Waals surface area contributed by atoms with Crippen molar-refractivity contribution in [1.29, 1.82) is 0 Å². The van der Waals surface area contributed by atoms with Crippen LogP contribution >= 0.6 is 0 Å². The summed E-state index contributed by atoms with van der Waals surface area (Å²) in [6, 6.07) is 0. The van der Waals surface area contributed by atoms with E-state index in [0.717, 1.165) is 36.5 Å². The molecule has 1 unspecified atom stereocenters. The molecule has 0 aliphatic heterocycles. The Morgan fingerprint density at radius 1 is 1.47 bits per heavy atom. The van der Waals surface area contributed by atoms with E-state index in [1.54, 1.807) is 0 Å². The minimum absolute atomic E-state index is 0.0848. The molecular formula is C13H21N3O. The first kappa shape index (κ1) is 12.1. The van der Waals surface area contributed by atoms with Gasteiger partial charge in [-0.3, -0.25) is 4.79 Å². The number of aromatic nitrogens is 2. The number of nitrogens with zero attached hydrogens (tertiary/aromatic N) is 1. The van der Waals surface area contributed by atoms with E-state index in [9.17, 15) is 4.79 Å². The summed E-state index contributed by atoms with van der Waals surface area (Å²) in [6.07, 6.45) is 2.60. The normalized spacial score (nSPS) is 19.9. The molecule has 17 heavy (non-hydrogen) atoms. The molecule has 2 rings (SSSR count). The van der Waals surface area contributed by atoms with E-state index in [1.165, 1.54) is 0 Å². The van der Waals surface area contributed by atoms with Crippen molar-refractivity contribution in [3.63, 3.8) is 0 Å². The number of imidazole rings is 1. The molecule has 0 spiro atoms. The van der Waals surface area contributed by atoms with Gasteiger partial charge in [0.25, 0.3) is 0 Å². The maximum atomic E-state index is 12.1. The van der Waals surface area contributed by atoms with Gasteiger partial charge < -0.3 is 10.3 Å². The highest BCUT2D eigenvalue weighted by Gasteiger charge is 2.28. The van der Waals surface area contributed by atoms with Crippen LogP contribution in [0.1, 0.15) is 44.4 Å². The first-order chi connectivity index (χ1) is 7.85. The maximum absolute atomic E-state index is 12.1. The van der Waals surface area contributed by atoms with Gasteiger partial charge in [-0.15, -0.1) is 0 Å². The molecule has 0 fully saturated rings. The Bertz CT molecular complexity index is 428. The summed E-state index contributed by atoms with van der Waals surface area (Å²) in [5.41, 5.74) is 2.13. The molecular weight excluding hydrogens is 214 g/mol. The molecule has 1 heterocycles. The summed E-state index contributed by atoms with van der Waals surface area (Å²) in [5.74, 6) is 1.20. The molecule has 1 aromatic heterocycles. The van der Waals surface area contributed by atoms with E-state index < -0.39 is 0 Å². The Hall–Kier alpha value is -1.32. The molecule has 0 saturated heterocycles. The monoisotopic (exact) mass is 235 g/mol. The molecule has 0 saturated carbocycles. The molecule has 1 amide bonds. The summed E-state index contributed by atoms with van der Waals surface area (Å²) in [5, 5.41) is 3.05. The van der Waals surface area contributed by atoms with Crippen molar-refractivity contribution >= 4 is 5.91 Å². The standard InChI is InChI=1S/C13H21N3O/c1-8-14-10-6-5-9(7-11(10)15-8)12(17)16-13(2,3)4/h9H,5-7H2,1-4H3,(H,14,15)(H,16,17). The quantitative estimate of drug-likeness (QED) is 0.779. The minimum Gasteiger partial charge on any atom is -0.351 e. The number of hydrogen-bond donors (Lipinski definition) is 2.